The number of hydrogen-bond donors (Lipinski definition) is 3. The Morgan fingerprint density at radius 2 is 1.92 bits per heavy atom. The van der Waals surface area contributed by atoms with E-state index in [-0.39, 0.29) is 51.0 Å². The molecule has 0 aliphatic carbocycles. The van der Waals surface area contributed by atoms with Gasteiger partial charge in [-0.25, -0.2) is 18.7 Å². The van der Waals surface area contributed by atoms with Crippen molar-refractivity contribution in [3.05, 3.63) is 79.5 Å². The number of nitrogens with two attached hydrogens (primary N) is 1. The molecular formula is C28H29ClFN5O4. The zero-order valence-electron chi connectivity index (χ0n) is 22.2. The number of nitrogen functional groups attached to an aromatic ring is 1. The number of hydrogen-bond acceptors (Lipinski definition) is 6. The second-order valence-corrected chi connectivity index (χ2v) is 11.2. The minimum atomic E-state index is -0.994. The number of aliphatic carboxylic acids is 1. The summed E-state index contributed by atoms with van der Waals surface area (Å²) in [6.07, 6.45) is 1.62. The number of rotatable bonds is 6. The minimum Gasteiger partial charge on any atom is -0.481 e. The fourth-order valence-corrected chi connectivity index (χ4v) is 4.92. The van der Waals surface area contributed by atoms with Crippen LogP contribution in [0.25, 0.3) is 28.0 Å². The Bertz CT molecular complexity index is 1700. The first-order valence-corrected chi connectivity index (χ1v) is 12.7. The van der Waals surface area contributed by atoms with Crippen LogP contribution in [-0.4, -0.2) is 30.6 Å². The van der Waals surface area contributed by atoms with Gasteiger partial charge in [0.1, 0.15) is 5.69 Å². The van der Waals surface area contributed by atoms with Crippen LogP contribution in [0, 0.1) is 17.2 Å². The minimum absolute atomic E-state index is 0.0645. The lowest BCUT2D eigenvalue weighted by Gasteiger charge is -2.28. The molecule has 0 spiro atoms. The van der Waals surface area contributed by atoms with Crippen molar-refractivity contribution < 1.29 is 14.3 Å². The van der Waals surface area contributed by atoms with E-state index in [9.17, 15) is 19.5 Å². The molecule has 9 nitrogen and oxygen atoms in total. The molecule has 1 unspecified atom stereocenters. The summed E-state index contributed by atoms with van der Waals surface area (Å²) in [7, 11) is 0. The maximum absolute atomic E-state index is 15.4. The average Bonchev–Trinajstić information content (AvgIpc) is 2.82. The van der Waals surface area contributed by atoms with Crippen LogP contribution in [0.1, 0.15) is 51.8 Å². The topological polar surface area (TPSA) is 144 Å². The van der Waals surface area contributed by atoms with E-state index in [4.69, 9.17) is 17.3 Å². The molecule has 0 fully saturated rings. The molecule has 204 valence electrons. The molecule has 0 bridgehead atoms. The van der Waals surface area contributed by atoms with Gasteiger partial charge in [0, 0.05) is 17.4 Å². The number of carboxylic acid groups (broad SMARTS) is 1. The van der Waals surface area contributed by atoms with Gasteiger partial charge in [0.05, 0.1) is 27.7 Å². The van der Waals surface area contributed by atoms with Crippen molar-refractivity contribution in [3.8, 4) is 16.9 Å². The van der Waals surface area contributed by atoms with Gasteiger partial charge in [-0.1, -0.05) is 52.3 Å². The molecule has 4 rings (SSSR count). The lowest BCUT2D eigenvalue weighted by molar-refractivity contribution is -0.145. The van der Waals surface area contributed by atoms with Crippen molar-refractivity contribution in [1.82, 2.24) is 19.5 Å². The quantitative estimate of drug-likeness (QED) is 0.287. The molecule has 4 aromatic rings. The Morgan fingerprint density at radius 1 is 1.23 bits per heavy atom. The summed E-state index contributed by atoms with van der Waals surface area (Å²) in [5, 5.41) is 9.96. The molecule has 3 heterocycles. The number of carboxylic acids is 1. The van der Waals surface area contributed by atoms with E-state index in [0.29, 0.717) is 11.3 Å². The summed E-state index contributed by atoms with van der Waals surface area (Å²) in [5.74, 6) is -2.86. The van der Waals surface area contributed by atoms with Crippen LogP contribution in [0.3, 0.4) is 0 Å². The smallest absolute Gasteiger partial charge is 0.334 e. The molecule has 1 atom stereocenters. The number of anilines is 1. The van der Waals surface area contributed by atoms with E-state index in [1.807, 2.05) is 34.6 Å². The Balaban J connectivity index is 2.14. The van der Waals surface area contributed by atoms with E-state index in [1.165, 1.54) is 12.1 Å². The largest absolute Gasteiger partial charge is 0.481 e. The van der Waals surface area contributed by atoms with Crippen molar-refractivity contribution in [2.75, 3.05) is 5.73 Å². The van der Waals surface area contributed by atoms with E-state index in [0.717, 1.165) is 10.6 Å². The highest BCUT2D eigenvalue weighted by atomic mass is 35.5. The Morgan fingerprint density at radius 3 is 2.51 bits per heavy atom. The number of halogens is 2. The molecule has 11 heteroatoms. The first kappa shape index (κ1) is 28.0. The van der Waals surface area contributed by atoms with Gasteiger partial charge < -0.3 is 10.8 Å². The lowest BCUT2D eigenvalue weighted by Crippen LogP contribution is -2.33. The predicted molar refractivity (Wildman–Crippen MR) is 149 cm³/mol. The number of nitrogens with zero attached hydrogens (tertiary/aromatic N) is 3. The zero-order chi connectivity index (χ0) is 28.8. The van der Waals surface area contributed by atoms with Crippen molar-refractivity contribution >= 4 is 34.3 Å². The third-order valence-corrected chi connectivity index (χ3v) is 7.01. The molecule has 1 aromatic carbocycles. The van der Waals surface area contributed by atoms with Crippen LogP contribution in [-0.2, 0) is 11.2 Å². The van der Waals surface area contributed by atoms with Gasteiger partial charge in [-0.3, -0.25) is 19.6 Å². The van der Waals surface area contributed by atoms with Gasteiger partial charge in [-0.05, 0) is 47.6 Å². The summed E-state index contributed by atoms with van der Waals surface area (Å²) < 4.78 is 16.5. The third kappa shape index (κ3) is 5.16. The fraction of sp³-hybridized carbons (Fsp3) is 0.321. The number of benzene rings is 1. The molecule has 0 aliphatic rings. The van der Waals surface area contributed by atoms with Crippen LogP contribution < -0.4 is 17.0 Å². The third-order valence-electron chi connectivity index (χ3n) is 6.69. The van der Waals surface area contributed by atoms with Crippen LogP contribution in [0.2, 0.25) is 5.02 Å². The second-order valence-electron chi connectivity index (χ2n) is 10.8. The highest BCUT2D eigenvalue weighted by Gasteiger charge is 2.33. The summed E-state index contributed by atoms with van der Waals surface area (Å²) >= 11 is 6.34. The summed E-state index contributed by atoms with van der Waals surface area (Å²) in [6, 6.07) is 7.29. The SMILES string of the molecule is CC(C)c1nccc(CC(C(=O)O)C(C)(C)C)c1-n1c(=O)[nH]c(=O)c2cc(F)c(-c3c(N)cccc3Cl)nc21. The van der Waals surface area contributed by atoms with E-state index in [1.54, 1.807) is 18.3 Å². The van der Waals surface area contributed by atoms with Crippen molar-refractivity contribution in [2.45, 2.75) is 47.0 Å². The number of aromatic nitrogens is 4. The number of fused-ring (bicyclic) bond motifs is 1. The van der Waals surface area contributed by atoms with Gasteiger partial charge >= 0.3 is 11.7 Å². The standard InChI is InChI=1S/C28H29ClFN5O4/c1-13(2)21-23(14(9-10-32-21)11-16(26(37)38)28(3,4)5)35-24-15(25(36)34-27(35)39)12-18(30)22(33-24)20-17(29)7-6-8-19(20)31/h6-10,12-13,16H,11,31H2,1-5H3,(H,37,38)(H,34,36,39). The summed E-state index contributed by atoms with van der Waals surface area (Å²) in [5.41, 5.74) is 4.99. The molecule has 0 saturated heterocycles. The summed E-state index contributed by atoms with van der Waals surface area (Å²) in [6.45, 7) is 9.21. The van der Waals surface area contributed by atoms with Crippen molar-refractivity contribution in [2.24, 2.45) is 11.3 Å². The maximum atomic E-state index is 15.4. The molecule has 39 heavy (non-hydrogen) atoms. The van der Waals surface area contributed by atoms with E-state index in [2.05, 4.69) is 15.0 Å². The molecule has 0 saturated carbocycles. The Hall–Kier alpha value is -4.05. The highest BCUT2D eigenvalue weighted by molar-refractivity contribution is 6.34. The number of nitrogens with one attached hydrogen (secondary N) is 1. The fourth-order valence-electron chi connectivity index (χ4n) is 4.65. The van der Waals surface area contributed by atoms with Crippen LogP contribution in [0.4, 0.5) is 10.1 Å². The van der Waals surface area contributed by atoms with Gasteiger partial charge in [0.15, 0.2) is 11.5 Å². The second kappa shape index (κ2) is 10.3. The van der Waals surface area contributed by atoms with Crippen LogP contribution in [0.5, 0.6) is 0 Å². The lowest BCUT2D eigenvalue weighted by atomic mass is 9.77. The average molecular weight is 554 g/mol. The van der Waals surface area contributed by atoms with Crippen LogP contribution >= 0.6 is 11.6 Å². The van der Waals surface area contributed by atoms with Crippen molar-refractivity contribution in [3.63, 3.8) is 0 Å². The van der Waals surface area contributed by atoms with Crippen molar-refractivity contribution in [1.29, 1.82) is 0 Å². The predicted octanol–water partition coefficient (Wildman–Crippen LogP) is 4.92. The number of aromatic amines is 1. The molecule has 4 N–H and O–H groups in total. The molecular weight excluding hydrogens is 525 g/mol. The first-order valence-electron chi connectivity index (χ1n) is 12.3. The number of H-pyrrole nitrogens is 1. The molecule has 3 aromatic heterocycles. The summed E-state index contributed by atoms with van der Waals surface area (Å²) in [4.78, 5) is 49.6. The zero-order valence-corrected chi connectivity index (χ0v) is 22.9. The first-order chi connectivity index (χ1) is 18.2. The van der Waals surface area contributed by atoms with Gasteiger partial charge in [0.25, 0.3) is 5.56 Å². The van der Waals surface area contributed by atoms with Crippen LogP contribution in [0.15, 0.2) is 46.1 Å². The number of carbonyl (C=O) groups is 1. The molecule has 0 amide bonds. The van der Waals surface area contributed by atoms with Gasteiger partial charge in [-0.15, -0.1) is 0 Å². The van der Waals surface area contributed by atoms with Gasteiger partial charge in [0.2, 0.25) is 0 Å². The Kier molecular flexibility index (Phi) is 7.36. The van der Waals surface area contributed by atoms with E-state index < -0.39 is 34.4 Å². The maximum Gasteiger partial charge on any atom is 0.334 e. The molecule has 0 radical (unpaired) electrons. The number of pyridine rings is 2. The van der Waals surface area contributed by atoms with Gasteiger partial charge in [-0.2, -0.15) is 0 Å². The normalized spacial score (nSPS) is 12.7. The molecule has 0 aliphatic heterocycles. The van der Waals surface area contributed by atoms with E-state index >= 15 is 4.39 Å². The Labute approximate surface area is 228 Å². The monoisotopic (exact) mass is 553 g/mol. The highest BCUT2D eigenvalue weighted by Crippen LogP contribution is 2.36.